The van der Waals surface area contributed by atoms with Crippen LogP contribution in [0.2, 0.25) is 0 Å². The number of hydrogen-bond acceptors (Lipinski definition) is 3. The van der Waals surface area contributed by atoms with E-state index in [0.717, 1.165) is 24.0 Å². The minimum absolute atomic E-state index is 0.0282. The summed E-state index contributed by atoms with van der Waals surface area (Å²) in [7, 11) is 1.65. The van der Waals surface area contributed by atoms with E-state index in [9.17, 15) is 4.79 Å². The second-order valence-corrected chi connectivity index (χ2v) is 6.82. The topological polar surface area (TPSA) is 35.5 Å². The largest absolute Gasteiger partial charge is 0.493 e. The van der Waals surface area contributed by atoms with Crippen molar-refractivity contribution in [2.45, 2.75) is 45.1 Å². The van der Waals surface area contributed by atoms with Gasteiger partial charge in [0.1, 0.15) is 12.4 Å². The van der Waals surface area contributed by atoms with Gasteiger partial charge in [-0.15, -0.1) is 0 Å². The number of hydrogen-bond donors (Lipinski definition) is 0. The minimum Gasteiger partial charge on any atom is -0.493 e. The molecule has 0 radical (unpaired) electrons. The van der Waals surface area contributed by atoms with Gasteiger partial charge in [-0.25, -0.2) is 0 Å². The number of ether oxygens (including phenoxy) is 2. The molecule has 1 fully saturated rings. The third-order valence-electron chi connectivity index (χ3n) is 5.09. The third-order valence-corrected chi connectivity index (χ3v) is 5.09. The van der Waals surface area contributed by atoms with E-state index in [-0.39, 0.29) is 11.7 Å². The van der Waals surface area contributed by atoms with Crippen LogP contribution in [0.25, 0.3) is 0 Å². The summed E-state index contributed by atoms with van der Waals surface area (Å²) < 4.78 is 11.5. The molecule has 2 aromatic carbocycles. The molecule has 1 saturated carbocycles. The molecule has 3 heteroatoms. The summed E-state index contributed by atoms with van der Waals surface area (Å²) in [5, 5.41) is 0. The van der Waals surface area contributed by atoms with Crippen molar-refractivity contribution < 1.29 is 14.3 Å². The molecule has 0 bridgehead atoms. The second kappa shape index (κ2) is 8.19. The molecule has 0 N–H and O–H groups in total. The van der Waals surface area contributed by atoms with E-state index in [2.05, 4.69) is 0 Å². The summed E-state index contributed by atoms with van der Waals surface area (Å²) in [5.41, 5.74) is 2.16. The summed E-state index contributed by atoms with van der Waals surface area (Å²) in [4.78, 5) is 12.3. The SMILES string of the molecule is COc1cc(C(C(C)=O)C2CCCC2)ccc1OCc1ccccc1. The standard InChI is InChI=1S/C22H26O3/c1-16(23)22(18-10-6-7-11-18)19-12-13-20(21(14-19)24-2)25-15-17-8-4-3-5-9-17/h3-5,8-9,12-14,18,22H,6-7,10-11,15H2,1-2H3. The summed E-state index contributed by atoms with van der Waals surface area (Å²) in [6.45, 7) is 2.20. The Morgan fingerprint density at radius 1 is 1.08 bits per heavy atom. The number of Topliss-reactive ketones (excluding diaryl/α,β-unsaturated/α-hetero) is 1. The van der Waals surface area contributed by atoms with Gasteiger partial charge in [-0.2, -0.15) is 0 Å². The number of carbonyl (C=O) groups excluding carboxylic acids is 1. The number of ketones is 1. The highest BCUT2D eigenvalue weighted by atomic mass is 16.5. The summed E-state index contributed by atoms with van der Waals surface area (Å²) in [5.74, 6) is 2.08. The first kappa shape index (κ1) is 17.5. The third kappa shape index (κ3) is 4.22. The Labute approximate surface area is 150 Å². The van der Waals surface area contributed by atoms with Gasteiger partial charge in [0, 0.05) is 5.92 Å². The van der Waals surface area contributed by atoms with Gasteiger partial charge in [-0.1, -0.05) is 49.2 Å². The molecule has 0 saturated heterocycles. The number of carbonyl (C=O) groups is 1. The number of rotatable bonds is 7. The normalized spacial score (nSPS) is 15.8. The fourth-order valence-corrected chi connectivity index (χ4v) is 3.86. The van der Waals surface area contributed by atoms with Gasteiger partial charge in [0.15, 0.2) is 11.5 Å². The Hall–Kier alpha value is -2.29. The van der Waals surface area contributed by atoms with Crippen LogP contribution >= 0.6 is 0 Å². The van der Waals surface area contributed by atoms with E-state index in [4.69, 9.17) is 9.47 Å². The maximum Gasteiger partial charge on any atom is 0.161 e. The molecule has 0 aromatic heterocycles. The van der Waals surface area contributed by atoms with Gasteiger partial charge in [0.05, 0.1) is 7.11 Å². The van der Waals surface area contributed by atoms with Crippen molar-refractivity contribution in [1.29, 1.82) is 0 Å². The molecule has 1 aliphatic carbocycles. The summed E-state index contributed by atoms with van der Waals surface area (Å²) >= 11 is 0. The van der Waals surface area contributed by atoms with Crippen molar-refractivity contribution >= 4 is 5.78 Å². The van der Waals surface area contributed by atoms with E-state index >= 15 is 0 Å². The van der Waals surface area contributed by atoms with Crippen LogP contribution in [0.15, 0.2) is 48.5 Å². The van der Waals surface area contributed by atoms with Gasteiger partial charge < -0.3 is 9.47 Å². The molecule has 0 heterocycles. The van der Waals surface area contributed by atoms with Crippen molar-refractivity contribution in [1.82, 2.24) is 0 Å². The molecule has 0 spiro atoms. The molecule has 2 aromatic rings. The molecule has 1 unspecified atom stereocenters. The number of methoxy groups -OCH3 is 1. The summed E-state index contributed by atoms with van der Waals surface area (Å²) in [6, 6.07) is 16.0. The van der Waals surface area contributed by atoms with Crippen LogP contribution in [0, 0.1) is 5.92 Å². The van der Waals surface area contributed by atoms with Gasteiger partial charge in [0.2, 0.25) is 0 Å². The Kier molecular flexibility index (Phi) is 5.75. The van der Waals surface area contributed by atoms with Crippen LogP contribution in [0.4, 0.5) is 0 Å². The van der Waals surface area contributed by atoms with Crippen LogP contribution in [-0.4, -0.2) is 12.9 Å². The van der Waals surface area contributed by atoms with Crippen LogP contribution in [0.3, 0.4) is 0 Å². The van der Waals surface area contributed by atoms with E-state index < -0.39 is 0 Å². The lowest BCUT2D eigenvalue weighted by Gasteiger charge is -2.22. The maximum atomic E-state index is 12.3. The van der Waals surface area contributed by atoms with Crippen molar-refractivity contribution in [3.05, 3.63) is 59.7 Å². The van der Waals surface area contributed by atoms with Crippen molar-refractivity contribution in [2.75, 3.05) is 7.11 Å². The van der Waals surface area contributed by atoms with Crippen LogP contribution in [0.1, 0.15) is 49.7 Å². The Bertz CT molecular complexity index is 702. The predicted molar refractivity (Wildman–Crippen MR) is 99.1 cm³/mol. The van der Waals surface area contributed by atoms with Gasteiger partial charge in [0.25, 0.3) is 0 Å². The highest BCUT2D eigenvalue weighted by Crippen LogP contribution is 2.40. The van der Waals surface area contributed by atoms with Gasteiger partial charge >= 0.3 is 0 Å². The lowest BCUT2D eigenvalue weighted by molar-refractivity contribution is -0.119. The minimum atomic E-state index is -0.0282. The average molecular weight is 338 g/mol. The highest BCUT2D eigenvalue weighted by Gasteiger charge is 2.30. The Morgan fingerprint density at radius 2 is 1.80 bits per heavy atom. The zero-order valence-electron chi connectivity index (χ0n) is 15.0. The molecule has 0 aliphatic heterocycles. The maximum absolute atomic E-state index is 12.3. The van der Waals surface area contributed by atoms with E-state index in [1.807, 2.05) is 48.5 Å². The van der Waals surface area contributed by atoms with E-state index in [1.54, 1.807) is 14.0 Å². The molecule has 132 valence electrons. The second-order valence-electron chi connectivity index (χ2n) is 6.82. The monoisotopic (exact) mass is 338 g/mol. The quantitative estimate of drug-likeness (QED) is 0.701. The predicted octanol–water partition coefficient (Wildman–Crippen LogP) is 5.14. The lowest BCUT2D eigenvalue weighted by Crippen LogP contribution is -2.17. The Balaban J connectivity index is 1.79. The fraction of sp³-hybridized carbons (Fsp3) is 0.409. The van der Waals surface area contributed by atoms with Crippen LogP contribution < -0.4 is 9.47 Å². The first-order chi connectivity index (χ1) is 12.2. The smallest absolute Gasteiger partial charge is 0.161 e. The van der Waals surface area contributed by atoms with Crippen molar-refractivity contribution in [2.24, 2.45) is 5.92 Å². The molecule has 25 heavy (non-hydrogen) atoms. The molecule has 0 amide bonds. The highest BCUT2D eigenvalue weighted by molar-refractivity contribution is 5.84. The molecule has 3 rings (SSSR count). The average Bonchev–Trinajstić information content (AvgIpc) is 3.15. The van der Waals surface area contributed by atoms with E-state index in [1.165, 1.54) is 12.8 Å². The van der Waals surface area contributed by atoms with Crippen molar-refractivity contribution in [3.8, 4) is 11.5 Å². The van der Waals surface area contributed by atoms with E-state index in [0.29, 0.717) is 24.0 Å². The van der Waals surface area contributed by atoms with Crippen LogP contribution in [0.5, 0.6) is 11.5 Å². The van der Waals surface area contributed by atoms with Gasteiger partial charge in [-0.05, 0) is 48.9 Å². The summed E-state index contributed by atoms with van der Waals surface area (Å²) in [6.07, 6.45) is 4.73. The number of benzene rings is 2. The lowest BCUT2D eigenvalue weighted by atomic mass is 9.82. The fourth-order valence-electron chi connectivity index (χ4n) is 3.86. The molecule has 1 atom stereocenters. The van der Waals surface area contributed by atoms with Gasteiger partial charge in [-0.3, -0.25) is 4.79 Å². The Morgan fingerprint density at radius 3 is 2.44 bits per heavy atom. The first-order valence-electron chi connectivity index (χ1n) is 9.04. The molecular weight excluding hydrogens is 312 g/mol. The molecule has 3 nitrogen and oxygen atoms in total. The van der Waals surface area contributed by atoms with Crippen LogP contribution in [-0.2, 0) is 11.4 Å². The zero-order valence-corrected chi connectivity index (χ0v) is 15.0. The first-order valence-corrected chi connectivity index (χ1v) is 9.04. The molecule has 1 aliphatic rings. The molecular formula is C22H26O3. The zero-order chi connectivity index (χ0) is 17.6. The van der Waals surface area contributed by atoms with Crippen molar-refractivity contribution in [3.63, 3.8) is 0 Å².